The van der Waals surface area contributed by atoms with Gasteiger partial charge in [0.05, 0.1) is 19.9 Å². The molecule has 6 nitrogen and oxygen atoms in total. The van der Waals surface area contributed by atoms with Crippen molar-refractivity contribution in [2.75, 3.05) is 19.1 Å². The third-order valence-corrected chi connectivity index (χ3v) is 5.24. The summed E-state index contributed by atoms with van der Waals surface area (Å²) in [5.74, 6) is -0.0664. The smallest absolute Gasteiger partial charge is 0.270 e. The summed E-state index contributed by atoms with van der Waals surface area (Å²) in [4.78, 5) is 26.7. The number of hydrogen-bond acceptors (Lipinski definition) is 5. The van der Waals surface area contributed by atoms with Crippen LogP contribution in [0.5, 0.6) is 11.5 Å². The van der Waals surface area contributed by atoms with Crippen molar-refractivity contribution in [3.05, 3.63) is 52.6 Å². The monoisotopic (exact) mass is 434 g/mol. The highest BCUT2D eigenvalue weighted by atomic mass is 35.5. The molecule has 3 rings (SSSR count). The number of halogens is 1. The number of ether oxygens (including phenoxy) is 2. The van der Waals surface area contributed by atoms with E-state index in [9.17, 15) is 9.59 Å². The van der Waals surface area contributed by atoms with E-state index in [0.29, 0.717) is 33.1 Å². The number of carbonyl (C=O) groups excluding carboxylic acids is 2. The number of hydrogen-bond donors (Lipinski definition) is 1. The lowest BCUT2D eigenvalue weighted by Gasteiger charge is -2.29. The first-order valence-electron chi connectivity index (χ1n) is 8.04. The summed E-state index contributed by atoms with van der Waals surface area (Å²) in [7, 11) is 5.58. The highest BCUT2D eigenvalue weighted by molar-refractivity contribution is 7.80. The molecule has 2 aromatic rings. The molecule has 1 heterocycles. The number of anilines is 1. The molecule has 1 aliphatic rings. The molecule has 0 bridgehead atoms. The number of rotatable bonds is 4. The second-order valence-corrected chi connectivity index (χ2v) is 7.14. The largest absolute Gasteiger partial charge is 0.493 e. The van der Waals surface area contributed by atoms with Crippen LogP contribution in [-0.2, 0) is 9.59 Å². The number of amides is 2. The van der Waals surface area contributed by atoms with Gasteiger partial charge in [0.15, 0.2) is 16.6 Å². The molecule has 1 saturated heterocycles. The molecule has 1 fully saturated rings. The molecule has 9 heteroatoms. The zero-order valence-electron chi connectivity index (χ0n) is 15.0. The average Bonchev–Trinajstić information content (AvgIpc) is 2.67. The SMILES string of the molecule is COc1ccc(/C=C2/C(=O)NC(=S)N(c3ccc(Cl)cc3)C2=O)c(P)c1OC. The van der Waals surface area contributed by atoms with Crippen molar-refractivity contribution in [3.63, 3.8) is 0 Å². The van der Waals surface area contributed by atoms with Gasteiger partial charge >= 0.3 is 0 Å². The van der Waals surface area contributed by atoms with Crippen molar-refractivity contribution >= 4 is 67.1 Å². The fourth-order valence-corrected chi connectivity index (χ4v) is 3.58. The summed E-state index contributed by atoms with van der Waals surface area (Å²) in [6.07, 6.45) is 1.49. The second kappa shape index (κ2) is 8.27. The van der Waals surface area contributed by atoms with Gasteiger partial charge in [0, 0.05) is 10.3 Å². The zero-order valence-corrected chi connectivity index (χ0v) is 17.7. The summed E-state index contributed by atoms with van der Waals surface area (Å²) in [6, 6.07) is 10.0. The van der Waals surface area contributed by atoms with Crippen molar-refractivity contribution < 1.29 is 19.1 Å². The van der Waals surface area contributed by atoms with Gasteiger partial charge in [0.1, 0.15) is 5.57 Å². The van der Waals surface area contributed by atoms with Gasteiger partial charge in [-0.1, -0.05) is 17.7 Å². The minimum absolute atomic E-state index is 0.00730. The van der Waals surface area contributed by atoms with Gasteiger partial charge in [-0.2, -0.15) is 0 Å². The molecule has 0 aromatic heterocycles. The predicted molar refractivity (Wildman–Crippen MR) is 117 cm³/mol. The minimum atomic E-state index is -0.570. The molecule has 0 saturated carbocycles. The van der Waals surface area contributed by atoms with Crippen LogP contribution in [0.2, 0.25) is 5.02 Å². The molecule has 2 aromatic carbocycles. The lowest BCUT2D eigenvalue weighted by atomic mass is 10.1. The van der Waals surface area contributed by atoms with E-state index in [1.165, 1.54) is 25.2 Å². The van der Waals surface area contributed by atoms with Crippen LogP contribution in [-0.4, -0.2) is 31.1 Å². The van der Waals surface area contributed by atoms with Crippen LogP contribution in [0, 0.1) is 0 Å². The van der Waals surface area contributed by atoms with Gasteiger partial charge < -0.3 is 9.47 Å². The minimum Gasteiger partial charge on any atom is -0.493 e. The number of thiocarbonyl (C=S) groups is 1. The zero-order chi connectivity index (χ0) is 20.4. The van der Waals surface area contributed by atoms with E-state index in [-0.39, 0.29) is 10.7 Å². The highest BCUT2D eigenvalue weighted by Crippen LogP contribution is 2.29. The van der Waals surface area contributed by atoms with Crippen molar-refractivity contribution in [1.82, 2.24) is 5.32 Å². The standard InChI is InChI=1S/C19H16ClN2O4PS/c1-25-14-8-3-10(16(27)15(14)26-2)9-13-17(23)21-19(28)22(18(13)24)12-6-4-11(20)5-7-12/h3-9H,27H2,1-2H3,(H,21,23,28)/b13-9-. The van der Waals surface area contributed by atoms with Gasteiger partial charge in [-0.25, -0.2) is 0 Å². The molecule has 2 amide bonds. The number of nitrogens with zero attached hydrogens (tertiary/aromatic N) is 1. The number of nitrogens with one attached hydrogen (secondary N) is 1. The van der Waals surface area contributed by atoms with E-state index >= 15 is 0 Å². The summed E-state index contributed by atoms with van der Waals surface area (Å²) in [5.41, 5.74) is 1.06. The first kappa shape index (κ1) is 20.3. The fraction of sp³-hybridized carbons (Fsp3) is 0.105. The summed E-state index contributed by atoms with van der Waals surface area (Å²) < 4.78 is 10.6. The highest BCUT2D eigenvalue weighted by Gasteiger charge is 2.34. The van der Waals surface area contributed by atoms with Crippen LogP contribution in [0.3, 0.4) is 0 Å². The van der Waals surface area contributed by atoms with Crippen LogP contribution in [0.15, 0.2) is 42.0 Å². The van der Waals surface area contributed by atoms with Gasteiger partial charge in [-0.15, -0.1) is 9.24 Å². The quantitative estimate of drug-likeness (QED) is 0.347. The molecule has 1 atom stereocenters. The van der Waals surface area contributed by atoms with Crippen LogP contribution in [0.25, 0.3) is 6.08 Å². The molecule has 1 aliphatic heterocycles. The fourth-order valence-electron chi connectivity index (χ4n) is 2.73. The molecule has 144 valence electrons. The topological polar surface area (TPSA) is 67.9 Å². The van der Waals surface area contributed by atoms with Gasteiger partial charge in [-0.05, 0) is 54.2 Å². The summed E-state index contributed by atoms with van der Waals surface area (Å²) >= 11 is 11.1. The van der Waals surface area contributed by atoms with Crippen molar-refractivity contribution in [1.29, 1.82) is 0 Å². The Morgan fingerprint density at radius 1 is 1.11 bits per heavy atom. The van der Waals surface area contributed by atoms with Gasteiger partial charge in [0.25, 0.3) is 11.8 Å². The maximum atomic E-state index is 13.0. The van der Waals surface area contributed by atoms with E-state index in [0.717, 1.165) is 0 Å². The first-order chi connectivity index (χ1) is 13.4. The van der Waals surface area contributed by atoms with Crippen molar-refractivity contribution in [2.24, 2.45) is 0 Å². The maximum Gasteiger partial charge on any atom is 0.270 e. The Morgan fingerprint density at radius 2 is 1.79 bits per heavy atom. The Labute approximate surface area is 174 Å². The van der Waals surface area contributed by atoms with Gasteiger partial charge in [0.2, 0.25) is 0 Å². The van der Waals surface area contributed by atoms with Crippen LogP contribution in [0.4, 0.5) is 5.69 Å². The molecule has 0 aliphatic carbocycles. The number of benzene rings is 2. The van der Waals surface area contributed by atoms with Crippen LogP contribution in [0.1, 0.15) is 5.56 Å². The molecule has 0 spiro atoms. The van der Waals surface area contributed by atoms with Crippen molar-refractivity contribution in [2.45, 2.75) is 0 Å². The van der Waals surface area contributed by atoms with Crippen LogP contribution >= 0.6 is 33.1 Å². The normalized spacial score (nSPS) is 15.6. The molecule has 0 radical (unpaired) electrons. The third-order valence-electron chi connectivity index (χ3n) is 4.10. The Morgan fingerprint density at radius 3 is 2.39 bits per heavy atom. The number of carbonyl (C=O) groups is 2. The predicted octanol–water partition coefficient (Wildman–Crippen LogP) is 2.69. The Balaban J connectivity index is 2.06. The van der Waals surface area contributed by atoms with E-state index < -0.39 is 11.8 Å². The summed E-state index contributed by atoms with van der Waals surface area (Å²) in [6.45, 7) is 0. The molecule has 1 unspecified atom stereocenters. The molecular formula is C19H16ClN2O4PS. The molecular weight excluding hydrogens is 419 g/mol. The third kappa shape index (κ3) is 3.74. The second-order valence-electron chi connectivity index (χ2n) is 5.74. The molecule has 1 N–H and O–H groups in total. The van der Waals surface area contributed by atoms with E-state index in [1.54, 1.807) is 36.4 Å². The van der Waals surface area contributed by atoms with Crippen molar-refractivity contribution in [3.8, 4) is 11.5 Å². The van der Waals surface area contributed by atoms with Gasteiger partial charge in [-0.3, -0.25) is 19.8 Å². The average molecular weight is 435 g/mol. The Hall–Kier alpha value is -2.47. The Bertz CT molecular complexity index is 1010. The summed E-state index contributed by atoms with van der Waals surface area (Å²) in [5, 5.41) is 3.73. The Kier molecular flexibility index (Phi) is 5.98. The maximum absolute atomic E-state index is 13.0. The van der Waals surface area contributed by atoms with E-state index in [2.05, 4.69) is 14.6 Å². The van der Waals surface area contributed by atoms with Crippen LogP contribution < -0.4 is 25.0 Å². The molecule has 28 heavy (non-hydrogen) atoms. The number of methoxy groups -OCH3 is 2. The van der Waals surface area contributed by atoms with E-state index in [1.807, 2.05) is 0 Å². The van der Waals surface area contributed by atoms with E-state index in [4.69, 9.17) is 33.3 Å². The first-order valence-corrected chi connectivity index (χ1v) is 9.41. The lowest BCUT2D eigenvalue weighted by Crippen LogP contribution is -2.54. The lowest BCUT2D eigenvalue weighted by molar-refractivity contribution is -0.122.